The van der Waals surface area contributed by atoms with Gasteiger partial charge < -0.3 is 5.32 Å². The summed E-state index contributed by atoms with van der Waals surface area (Å²) in [6.45, 7) is 1.83. The number of nitrogens with one attached hydrogen (secondary N) is 1. The van der Waals surface area contributed by atoms with Crippen molar-refractivity contribution in [1.82, 2.24) is 4.98 Å². The van der Waals surface area contributed by atoms with E-state index in [0.29, 0.717) is 16.3 Å². The number of thiazole rings is 1. The van der Waals surface area contributed by atoms with Crippen LogP contribution in [0.1, 0.15) is 14.7 Å². The van der Waals surface area contributed by atoms with Gasteiger partial charge in [0.1, 0.15) is 4.88 Å². The van der Waals surface area contributed by atoms with Gasteiger partial charge in [0.2, 0.25) is 10.0 Å². The number of nitrogens with two attached hydrogens (primary N) is 1. The first kappa shape index (κ1) is 17.3. The van der Waals surface area contributed by atoms with Crippen LogP contribution in [0.2, 0.25) is 0 Å². The van der Waals surface area contributed by atoms with E-state index in [1.807, 2.05) is 37.3 Å². The van der Waals surface area contributed by atoms with Crippen molar-refractivity contribution in [1.29, 1.82) is 0 Å². The van der Waals surface area contributed by atoms with Crippen LogP contribution in [-0.4, -0.2) is 19.3 Å². The quantitative estimate of drug-likeness (QED) is 0.734. The number of hydrogen-bond acceptors (Lipinski definition) is 5. The van der Waals surface area contributed by atoms with Crippen LogP contribution in [0.15, 0.2) is 59.5 Å². The van der Waals surface area contributed by atoms with E-state index in [1.165, 1.54) is 29.5 Å². The number of nitrogens with zero attached hydrogens (tertiary/aromatic N) is 1. The molecule has 0 radical (unpaired) electrons. The Balaban J connectivity index is 1.93. The van der Waals surface area contributed by atoms with Crippen molar-refractivity contribution in [3.8, 4) is 11.3 Å². The van der Waals surface area contributed by atoms with E-state index in [1.54, 1.807) is 6.07 Å². The molecule has 25 heavy (non-hydrogen) atoms. The maximum Gasteiger partial charge on any atom is 0.268 e. The van der Waals surface area contributed by atoms with Crippen molar-refractivity contribution in [2.45, 2.75) is 11.8 Å². The van der Waals surface area contributed by atoms with Crippen molar-refractivity contribution >= 4 is 33.0 Å². The number of carbonyl (C=O) groups is 1. The molecule has 8 heteroatoms. The van der Waals surface area contributed by atoms with Crippen molar-refractivity contribution in [3.05, 3.63) is 64.5 Å². The average molecular weight is 373 g/mol. The lowest BCUT2D eigenvalue weighted by molar-refractivity contribution is 0.103. The van der Waals surface area contributed by atoms with E-state index < -0.39 is 10.0 Å². The van der Waals surface area contributed by atoms with Gasteiger partial charge in [-0.25, -0.2) is 18.5 Å². The topological polar surface area (TPSA) is 102 Å². The highest BCUT2D eigenvalue weighted by atomic mass is 32.2. The molecule has 3 aromatic rings. The molecule has 128 valence electrons. The largest absolute Gasteiger partial charge is 0.321 e. The number of aryl methyl sites for hydroxylation is 1. The van der Waals surface area contributed by atoms with E-state index in [4.69, 9.17) is 5.14 Å². The lowest BCUT2D eigenvalue weighted by Crippen LogP contribution is -2.14. The number of aromatic nitrogens is 1. The van der Waals surface area contributed by atoms with Crippen LogP contribution in [0.3, 0.4) is 0 Å². The number of carbonyl (C=O) groups excluding carboxylic acids is 1. The fourth-order valence-electron chi connectivity index (χ4n) is 2.31. The predicted molar refractivity (Wildman–Crippen MR) is 98.1 cm³/mol. The average Bonchev–Trinajstić information content (AvgIpc) is 2.97. The molecule has 0 spiro atoms. The maximum absolute atomic E-state index is 12.7. The molecule has 0 aliphatic rings. The maximum atomic E-state index is 12.7. The number of anilines is 1. The van der Waals surface area contributed by atoms with Crippen molar-refractivity contribution < 1.29 is 13.2 Å². The smallest absolute Gasteiger partial charge is 0.268 e. The molecule has 3 rings (SSSR count). The fourth-order valence-corrected chi connectivity index (χ4v) is 3.71. The number of hydrogen-bond donors (Lipinski definition) is 2. The zero-order valence-electron chi connectivity index (χ0n) is 13.3. The van der Waals surface area contributed by atoms with Gasteiger partial charge in [-0.1, -0.05) is 36.4 Å². The molecule has 0 aliphatic heterocycles. The highest BCUT2D eigenvalue weighted by Crippen LogP contribution is 2.29. The summed E-state index contributed by atoms with van der Waals surface area (Å²) in [6.07, 6.45) is 0. The van der Waals surface area contributed by atoms with Gasteiger partial charge >= 0.3 is 0 Å². The van der Waals surface area contributed by atoms with Gasteiger partial charge in [0.25, 0.3) is 5.91 Å². The van der Waals surface area contributed by atoms with Crippen molar-refractivity contribution in [2.75, 3.05) is 5.32 Å². The Hall–Kier alpha value is -2.55. The molecule has 1 amide bonds. The molecule has 0 aliphatic carbocycles. The highest BCUT2D eigenvalue weighted by molar-refractivity contribution is 7.89. The lowest BCUT2D eigenvalue weighted by Gasteiger charge is -2.07. The van der Waals surface area contributed by atoms with E-state index >= 15 is 0 Å². The van der Waals surface area contributed by atoms with Crippen LogP contribution in [0, 0.1) is 6.92 Å². The minimum atomic E-state index is -3.83. The lowest BCUT2D eigenvalue weighted by atomic mass is 10.1. The summed E-state index contributed by atoms with van der Waals surface area (Å²) in [5.74, 6) is -0.351. The molecule has 0 saturated heterocycles. The summed E-state index contributed by atoms with van der Waals surface area (Å²) in [5.41, 5.74) is 1.79. The minimum Gasteiger partial charge on any atom is -0.321 e. The van der Waals surface area contributed by atoms with Crippen LogP contribution in [0.4, 0.5) is 5.69 Å². The SMILES string of the molecule is Cc1nc(-c2ccccc2)c(C(=O)Nc2cccc(S(N)(=O)=O)c2)s1. The second kappa shape index (κ2) is 6.75. The predicted octanol–water partition coefficient (Wildman–Crippen LogP) is 3.02. The van der Waals surface area contributed by atoms with E-state index in [0.717, 1.165) is 10.6 Å². The Morgan fingerprint density at radius 1 is 1.12 bits per heavy atom. The number of sulfonamides is 1. The Kier molecular flexibility index (Phi) is 4.67. The van der Waals surface area contributed by atoms with Gasteiger partial charge in [-0.3, -0.25) is 4.79 Å². The van der Waals surface area contributed by atoms with Gasteiger partial charge in [0, 0.05) is 11.3 Å². The van der Waals surface area contributed by atoms with Crippen LogP contribution in [0.25, 0.3) is 11.3 Å². The highest BCUT2D eigenvalue weighted by Gasteiger charge is 2.19. The Morgan fingerprint density at radius 3 is 2.52 bits per heavy atom. The molecule has 0 atom stereocenters. The van der Waals surface area contributed by atoms with Crippen LogP contribution >= 0.6 is 11.3 Å². The number of amides is 1. The summed E-state index contributed by atoms with van der Waals surface area (Å²) >= 11 is 1.28. The van der Waals surface area contributed by atoms with Gasteiger partial charge in [-0.2, -0.15) is 0 Å². The normalized spacial score (nSPS) is 11.3. The van der Waals surface area contributed by atoms with Crippen LogP contribution in [-0.2, 0) is 10.0 Å². The van der Waals surface area contributed by atoms with E-state index in [2.05, 4.69) is 10.3 Å². The van der Waals surface area contributed by atoms with Gasteiger partial charge in [-0.15, -0.1) is 11.3 Å². The third-order valence-electron chi connectivity index (χ3n) is 3.41. The molecule has 0 unspecified atom stereocenters. The first-order chi connectivity index (χ1) is 11.8. The third-order valence-corrected chi connectivity index (χ3v) is 5.29. The molecule has 6 nitrogen and oxygen atoms in total. The molecular weight excluding hydrogens is 358 g/mol. The summed E-state index contributed by atoms with van der Waals surface area (Å²) < 4.78 is 22.9. The van der Waals surface area contributed by atoms with E-state index in [9.17, 15) is 13.2 Å². The Morgan fingerprint density at radius 2 is 1.84 bits per heavy atom. The van der Waals surface area contributed by atoms with Gasteiger partial charge in [0.15, 0.2) is 0 Å². The van der Waals surface area contributed by atoms with Gasteiger partial charge in [0.05, 0.1) is 15.6 Å². The van der Waals surface area contributed by atoms with Crippen molar-refractivity contribution in [2.24, 2.45) is 5.14 Å². The Bertz CT molecular complexity index is 1030. The Labute approximate surface area is 149 Å². The van der Waals surface area contributed by atoms with Crippen molar-refractivity contribution in [3.63, 3.8) is 0 Å². The summed E-state index contributed by atoms with van der Waals surface area (Å²) in [5, 5.41) is 8.59. The first-order valence-corrected chi connectivity index (χ1v) is 9.68. The molecule has 3 N–H and O–H groups in total. The molecule has 2 aromatic carbocycles. The summed E-state index contributed by atoms with van der Waals surface area (Å²) in [6, 6.07) is 15.2. The number of primary sulfonamides is 1. The zero-order valence-corrected chi connectivity index (χ0v) is 14.9. The molecule has 0 bridgehead atoms. The molecule has 1 heterocycles. The number of rotatable bonds is 4. The summed E-state index contributed by atoms with van der Waals surface area (Å²) in [7, 11) is -3.83. The third kappa shape index (κ3) is 3.93. The standard InChI is InChI=1S/C17H15N3O3S2/c1-11-19-15(12-6-3-2-4-7-12)16(24-11)17(21)20-13-8-5-9-14(10-13)25(18,22)23/h2-10H,1H3,(H,20,21)(H2,18,22,23). The monoisotopic (exact) mass is 373 g/mol. The zero-order chi connectivity index (χ0) is 18.0. The van der Waals surface area contributed by atoms with Crippen LogP contribution in [0.5, 0.6) is 0 Å². The molecule has 0 fully saturated rings. The number of benzene rings is 2. The second-order valence-corrected chi connectivity index (χ2v) is 8.07. The molecular formula is C17H15N3O3S2. The van der Waals surface area contributed by atoms with Gasteiger partial charge in [-0.05, 0) is 25.1 Å². The molecule has 1 aromatic heterocycles. The fraction of sp³-hybridized carbons (Fsp3) is 0.0588. The first-order valence-electron chi connectivity index (χ1n) is 7.31. The summed E-state index contributed by atoms with van der Waals surface area (Å²) in [4.78, 5) is 17.5. The van der Waals surface area contributed by atoms with E-state index in [-0.39, 0.29) is 10.8 Å². The van der Waals surface area contributed by atoms with Crippen LogP contribution < -0.4 is 10.5 Å². The molecule has 0 saturated carbocycles. The minimum absolute atomic E-state index is 0.0610. The second-order valence-electron chi connectivity index (χ2n) is 5.30.